The van der Waals surface area contributed by atoms with E-state index in [1.165, 1.54) is 0 Å². The number of carbonyl (C=O) groups excluding carboxylic acids is 2. The van der Waals surface area contributed by atoms with Crippen molar-refractivity contribution in [2.24, 2.45) is 16.9 Å². The van der Waals surface area contributed by atoms with Gasteiger partial charge in [0.2, 0.25) is 5.91 Å². The number of hydrogen-bond acceptors (Lipinski definition) is 4. The van der Waals surface area contributed by atoms with E-state index in [1.807, 2.05) is 58.0 Å². The molecule has 0 saturated heterocycles. The minimum atomic E-state index is -1.29. The normalized spacial score (nSPS) is 13.4. The molecule has 2 atom stereocenters. The van der Waals surface area contributed by atoms with Crippen LogP contribution in [0.3, 0.4) is 0 Å². The van der Waals surface area contributed by atoms with Gasteiger partial charge in [-0.25, -0.2) is 10.2 Å². The molecule has 0 fully saturated rings. The molecule has 0 spiro atoms. The molecule has 0 radical (unpaired) electrons. The Hall–Kier alpha value is -2.90. The van der Waals surface area contributed by atoms with Crippen molar-refractivity contribution in [3.05, 3.63) is 35.9 Å². The van der Waals surface area contributed by atoms with Gasteiger partial charge in [-0.2, -0.15) is 5.10 Å². The molecular formula is C20H30N4O4. The van der Waals surface area contributed by atoms with Crippen molar-refractivity contribution < 1.29 is 19.5 Å². The average Bonchev–Trinajstić information content (AvgIpc) is 2.60. The molecule has 0 aliphatic carbocycles. The molecule has 0 aliphatic heterocycles. The number of benzene rings is 1. The van der Waals surface area contributed by atoms with Crippen LogP contribution < -0.4 is 16.1 Å². The fraction of sp³-hybridized carbons (Fsp3) is 0.500. The standard InChI is InChI=1S/C20H30N4O4/c1-13(2)10-16(23-20(27)28)18(25)22-17(11-15-8-6-5-7-9-15)19(26)24-21-12-14(3)4/h5-9,12-14,16-17,23H,10-11H2,1-4H3,(H,22,25)(H,24,26)(H,27,28)/b21-12+. The molecule has 8 heteroatoms. The first-order valence-corrected chi connectivity index (χ1v) is 9.35. The van der Waals surface area contributed by atoms with Crippen molar-refractivity contribution in [1.82, 2.24) is 16.1 Å². The van der Waals surface area contributed by atoms with Crippen LogP contribution in [0, 0.1) is 11.8 Å². The second-order valence-corrected chi connectivity index (χ2v) is 7.38. The van der Waals surface area contributed by atoms with Crippen LogP contribution in [0.4, 0.5) is 4.79 Å². The van der Waals surface area contributed by atoms with Gasteiger partial charge in [-0.15, -0.1) is 0 Å². The fourth-order valence-corrected chi connectivity index (χ4v) is 2.51. The quantitative estimate of drug-likeness (QED) is 0.361. The summed E-state index contributed by atoms with van der Waals surface area (Å²) in [6.45, 7) is 7.62. The highest BCUT2D eigenvalue weighted by molar-refractivity contribution is 5.91. The molecule has 1 aromatic carbocycles. The van der Waals surface area contributed by atoms with Crippen LogP contribution in [-0.4, -0.2) is 41.3 Å². The van der Waals surface area contributed by atoms with Crippen LogP contribution in [0.1, 0.15) is 39.7 Å². The first kappa shape index (κ1) is 23.1. The molecular weight excluding hydrogens is 360 g/mol. The van der Waals surface area contributed by atoms with Gasteiger partial charge < -0.3 is 15.7 Å². The summed E-state index contributed by atoms with van der Waals surface area (Å²) in [5.74, 6) is -0.745. The van der Waals surface area contributed by atoms with Gasteiger partial charge in [-0.1, -0.05) is 58.0 Å². The largest absolute Gasteiger partial charge is 0.465 e. The molecule has 0 heterocycles. The summed E-state index contributed by atoms with van der Waals surface area (Å²) in [4.78, 5) is 36.2. The minimum absolute atomic E-state index is 0.0969. The highest BCUT2D eigenvalue weighted by Crippen LogP contribution is 2.08. The number of rotatable bonds is 10. The Morgan fingerprint density at radius 1 is 1.00 bits per heavy atom. The number of amides is 3. The van der Waals surface area contributed by atoms with Gasteiger partial charge in [0.1, 0.15) is 12.1 Å². The lowest BCUT2D eigenvalue weighted by Crippen LogP contribution is -2.54. The van der Waals surface area contributed by atoms with E-state index in [2.05, 4.69) is 21.2 Å². The van der Waals surface area contributed by atoms with Crippen molar-refractivity contribution in [2.75, 3.05) is 0 Å². The Labute approximate surface area is 165 Å². The van der Waals surface area contributed by atoms with Crippen molar-refractivity contribution in [3.63, 3.8) is 0 Å². The van der Waals surface area contributed by atoms with Gasteiger partial charge in [0, 0.05) is 12.6 Å². The van der Waals surface area contributed by atoms with Crippen molar-refractivity contribution in [1.29, 1.82) is 0 Å². The van der Waals surface area contributed by atoms with Crippen LogP contribution in [0.15, 0.2) is 35.4 Å². The van der Waals surface area contributed by atoms with Gasteiger partial charge in [0.05, 0.1) is 0 Å². The fourth-order valence-electron chi connectivity index (χ4n) is 2.51. The summed E-state index contributed by atoms with van der Waals surface area (Å²) in [5.41, 5.74) is 3.30. The van der Waals surface area contributed by atoms with Crippen LogP contribution >= 0.6 is 0 Å². The maximum absolute atomic E-state index is 12.6. The highest BCUT2D eigenvalue weighted by atomic mass is 16.4. The molecule has 8 nitrogen and oxygen atoms in total. The summed E-state index contributed by atoms with van der Waals surface area (Å²) in [7, 11) is 0. The maximum atomic E-state index is 12.6. The smallest absolute Gasteiger partial charge is 0.405 e. The third-order valence-corrected chi connectivity index (χ3v) is 3.78. The molecule has 1 rings (SSSR count). The van der Waals surface area contributed by atoms with E-state index in [4.69, 9.17) is 5.11 Å². The zero-order valence-corrected chi connectivity index (χ0v) is 16.8. The molecule has 154 valence electrons. The lowest BCUT2D eigenvalue weighted by molar-refractivity contribution is -0.130. The van der Waals surface area contributed by atoms with Gasteiger partial charge in [0.15, 0.2) is 0 Å². The van der Waals surface area contributed by atoms with E-state index in [0.717, 1.165) is 5.56 Å². The summed E-state index contributed by atoms with van der Waals surface area (Å²) in [5, 5.41) is 17.8. The molecule has 1 aromatic rings. The van der Waals surface area contributed by atoms with Gasteiger partial charge in [-0.05, 0) is 23.8 Å². The molecule has 0 aliphatic rings. The molecule has 0 saturated carbocycles. The predicted octanol–water partition coefficient (Wildman–Crippen LogP) is 2.15. The SMILES string of the molecule is CC(C)/C=N/NC(=O)C(Cc1ccccc1)NC(=O)C(CC(C)C)NC(=O)O. The zero-order valence-electron chi connectivity index (χ0n) is 16.8. The van der Waals surface area contributed by atoms with E-state index in [-0.39, 0.29) is 18.3 Å². The average molecular weight is 390 g/mol. The predicted molar refractivity (Wildman–Crippen MR) is 108 cm³/mol. The molecule has 3 amide bonds. The van der Waals surface area contributed by atoms with Gasteiger partial charge in [-0.3, -0.25) is 9.59 Å². The molecule has 28 heavy (non-hydrogen) atoms. The Morgan fingerprint density at radius 3 is 2.18 bits per heavy atom. The maximum Gasteiger partial charge on any atom is 0.405 e. The van der Waals surface area contributed by atoms with Crippen molar-refractivity contribution in [2.45, 2.75) is 52.6 Å². The molecule has 4 N–H and O–H groups in total. The minimum Gasteiger partial charge on any atom is -0.465 e. The summed E-state index contributed by atoms with van der Waals surface area (Å²) in [6.07, 6.45) is 0.888. The van der Waals surface area contributed by atoms with E-state index in [0.29, 0.717) is 6.42 Å². The highest BCUT2D eigenvalue weighted by Gasteiger charge is 2.27. The lowest BCUT2D eigenvalue weighted by atomic mass is 10.0. The van der Waals surface area contributed by atoms with E-state index < -0.39 is 30.0 Å². The number of carboxylic acid groups (broad SMARTS) is 1. The number of carbonyl (C=O) groups is 3. The molecule has 0 bridgehead atoms. The van der Waals surface area contributed by atoms with Gasteiger partial charge >= 0.3 is 6.09 Å². The monoisotopic (exact) mass is 390 g/mol. The third kappa shape index (κ3) is 9.16. The lowest BCUT2D eigenvalue weighted by Gasteiger charge is -2.23. The molecule has 0 aromatic heterocycles. The number of nitrogens with one attached hydrogen (secondary N) is 3. The van der Waals surface area contributed by atoms with Crippen LogP contribution in [0.5, 0.6) is 0 Å². The summed E-state index contributed by atoms with van der Waals surface area (Å²) < 4.78 is 0. The zero-order chi connectivity index (χ0) is 21.1. The second kappa shape index (κ2) is 11.7. The Bertz CT molecular complexity index is 674. The van der Waals surface area contributed by atoms with Crippen LogP contribution in [0.2, 0.25) is 0 Å². The Morgan fingerprint density at radius 2 is 1.64 bits per heavy atom. The molecule has 2 unspecified atom stereocenters. The van der Waals surface area contributed by atoms with Crippen LogP contribution in [-0.2, 0) is 16.0 Å². The Kier molecular flexibility index (Phi) is 9.70. The van der Waals surface area contributed by atoms with E-state index in [1.54, 1.807) is 6.21 Å². The number of nitrogens with zero attached hydrogens (tertiary/aromatic N) is 1. The third-order valence-electron chi connectivity index (χ3n) is 3.78. The first-order valence-electron chi connectivity index (χ1n) is 9.35. The van der Waals surface area contributed by atoms with Gasteiger partial charge in [0.25, 0.3) is 5.91 Å². The summed E-state index contributed by atoms with van der Waals surface area (Å²) >= 11 is 0. The second-order valence-electron chi connectivity index (χ2n) is 7.38. The topological polar surface area (TPSA) is 120 Å². The van der Waals surface area contributed by atoms with Crippen LogP contribution in [0.25, 0.3) is 0 Å². The number of hydrogen-bond donors (Lipinski definition) is 4. The first-order chi connectivity index (χ1) is 13.2. The van der Waals surface area contributed by atoms with E-state index >= 15 is 0 Å². The Balaban J connectivity index is 2.93. The van der Waals surface area contributed by atoms with Crippen molar-refractivity contribution >= 4 is 24.1 Å². The summed E-state index contributed by atoms with van der Waals surface area (Å²) in [6, 6.07) is 7.43. The van der Waals surface area contributed by atoms with E-state index in [9.17, 15) is 14.4 Å². The van der Waals surface area contributed by atoms with Crippen molar-refractivity contribution in [3.8, 4) is 0 Å². The number of hydrazone groups is 1.